The molecule has 3 heterocycles. The molecular weight excluding hydrogens is 835 g/mol. The number of benzene rings is 8. The van der Waals surface area contributed by atoms with Crippen LogP contribution in [0.1, 0.15) is 38.5 Å². The van der Waals surface area contributed by atoms with Crippen molar-refractivity contribution in [3.8, 4) is 27.9 Å². The Morgan fingerprint density at radius 3 is 1.26 bits per heavy atom. The summed E-state index contributed by atoms with van der Waals surface area (Å²) in [6, 6.07) is 67.5. The standard InChI is InChI=1S/C66H49N3/c1-2-12-44(13-3-1)45-22-24-46(25-23-45)47-26-34-52(35-27-47)67(53-36-28-48(29-37-53)49-30-40-55(41-31-49)68-62-18-8-4-14-56(62)57-15-5-9-19-63(57)68)54-38-32-50(33-39-54)51-42-60-58-16-6-10-20-64(58)69-65-21-11-7-17-59(65)61(43-51)66(60)69/h1-2,4-12,14-22,24,26,28-34,36-43H,3,13,23,25,27,35H2. The van der Waals surface area contributed by atoms with Crippen molar-refractivity contribution < 1.29 is 0 Å². The summed E-state index contributed by atoms with van der Waals surface area (Å²) in [5.41, 5.74) is 21.9. The molecule has 11 aromatic rings. The summed E-state index contributed by atoms with van der Waals surface area (Å²) in [5, 5.41) is 7.76. The molecule has 3 aliphatic carbocycles. The lowest BCUT2D eigenvalue weighted by atomic mass is 9.84. The van der Waals surface area contributed by atoms with E-state index in [9.17, 15) is 0 Å². The molecule has 3 aromatic heterocycles. The van der Waals surface area contributed by atoms with E-state index in [1.807, 2.05) is 0 Å². The van der Waals surface area contributed by atoms with Gasteiger partial charge in [0.05, 0.1) is 27.6 Å². The molecule has 0 amide bonds. The van der Waals surface area contributed by atoms with Crippen molar-refractivity contribution in [2.45, 2.75) is 38.5 Å². The SMILES string of the molecule is C1=CCCC(C2=CC=C(C3=CC=C(N(c4ccc(-c5ccc(-n6c7ccccc7c7ccccc76)cc5)cc4)c4ccc(-c5cc6c7ccccc7n7c8ccccc8c(c5)c67)cc4)CC3)CC2)=C1. The van der Waals surface area contributed by atoms with Crippen molar-refractivity contribution in [2.24, 2.45) is 0 Å². The molecule has 0 saturated heterocycles. The smallest absolute Gasteiger partial charge is 0.0620 e. The molecule has 0 unspecified atom stereocenters. The van der Waals surface area contributed by atoms with Gasteiger partial charge >= 0.3 is 0 Å². The molecule has 3 nitrogen and oxygen atoms in total. The third-order valence-electron chi connectivity index (χ3n) is 15.2. The minimum Gasteiger partial charge on any atom is -0.314 e. The number of anilines is 2. The fourth-order valence-electron chi connectivity index (χ4n) is 11.8. The summed E-state index contributed by atoms with van der Waals surface area (Å²) >= 11 is 0. The van der Waals surface area contributed by atoms with Gasteiger partial charge in [0.1, 0.15) is 0 Å². The Labute approximate surface area is 402 Å². The Balaban J connectivity index is 0.819. The third-order valence-corrected chi connectivity index (χ3v) is 15.2. The van der Waals surface area contributed by atoms with E-state index in [2.05, 4.69) is 238 Å². The largest absolute Gasteiger partial charge is 0.314 e. The summed E-state index contributed by atoms with van der Waals surface area (Å²) in [5.74, 6) is 0. The Hall–Kier alpha value is -8.40. The van der Waals surface area contributed by atoms with Crippen molar-refractivity contribution in [1.82, 2.24) is 8.97 Å². The molecule has 14 rings (SSSR count). The maximum atomic E-state index is 2.48. The van der Waals surface area contributed by atoms with Crippen LogP contribution in [0.15, 0.2) is 253 Å². The van der Waals surface area contributed by atoms with E-state index < -0.39 is 0 Å². The zero-order valence-corrected chi connectivity index (χ0v) is 38.4. The Morgan fingerprint density at radius 2 is 0.783 bits per heavy atom. The molecule has 0 N–H and O–H groups in total. The number of nitrogens with zero attached hydrogens (tertiary/aromatic N) is 3. The molecule has 0 fully saturated rings. The van der Waals surface area contributed by atoms with Crippen LogP contribution in [0.25, 0.3) is 87.8 Å². The highest BCUT2D eigenvalue weighted by atomic mass is 15.1. The summed E-state index contributed by atoms with van der Waals surface area (Å²) in [6.07, 6.45) is 22.9. The van der Waals surface area contributed by atoms with Crippen LogP contribution in [0.3, 0.4) is 0 Å². The van der Waals surface area contributed by atoms with E-state index in [-0.39, 0.29) is 0 Å². The van der Waals surface area contributed by atoms with E-state index >= 15 is 0 Å². The second-order valence-electron chi connectivity index (χ2n) is 19.0. The molecule has 0 saturated carbocycles. The molecule has 0 aliphatic heterocycles. The maximum Gasteiger partial charge on any atom is 0.0620 e. The summed E-state index contributed by atoms with van der Waals surface area (Å²) in [6.45, 7) is 0. The second kappa shape index (κ2) is 16.1. The van der Waals surface area contributed by atoms with Crippen molar-refractivity contribution in [3.05, 3.63) is 253 Å². The highest BCUT2D eigenvalue weighted by molar-refractivity contribution is 6.24. The van der Waals surface area contributed by atoms with Gasteiger partial charge in [0.2, 0.25) is 0 Å². The van der Waals surface area contributed by atoms with Gasteiger partial charge in [0.15, 0.2) is 0 Å². The molecule has 3 aliphatic rings. The number of fused-ring (bicyclic) bond motifs is 9. The van der Waals surface area contributed by atoms with Gasteiger partial charge in [-0.25, -0.2) is 0 Å². The summed E-state index contributed by atoms with van der Waals surface area (Å²) in [7, 11) is 0. The Morgan fingerprint density at radius 1 is 0.348 bits per heavy atom. The number of rotatable bonds is 8. The number of para-hydroxylation sites is 4. The molecule has 69 heavy (non-hydrogen) atoms. The Bertz CT molecular complexity index is 3890. The van der Waals surface area contributed by atoms with Crippen LogP contribution >= 0.6 is 0 Å². The maximum absolute atomic E-state index is 2.48. The lowest BCUT2D eigenvalue weighted by Crippen LogP contribution is -2.18. The van der Waals surface area contributed by atoms with Gasteiger partial charge in [-0.05, 0) is 162 Å². The van der Waals surface area contributed by atoms with Gasteiger partial charge in [0, 0.05) is 55.1 Å². The van der Waals surface area contributed by atoms with E-state index in [0.717, 1.165) is 49.9 Å². The molecule has 8 aromatic carbocycles. The van der Waals surface area contributed by atoms with Crippen molar-refractivity contribution >= 4 is 71.3 Å². The predicted molar refractivity (Wildman–Crippen MR) is 292 cm³/mol. The number of hydrogen-bond acceptors (Lipinski definition) is 1. The molecular formula is C66H49N3. The van der Waals surface area contributed by atoms with Crippen LogP contribution in [0.5, 0.6) is 0 Å². The quantitative estimate of drug-likeness (QED) is 0.148. The van der Waals surface area contributed by atoms with Crippen LogP contribution in [-0.4, -0.2) is 8.97 Å². The van der Waals surface area contributed by atoms with Crippen LogP contribution in [0.2, 0.25) is 0 Å². The average molecular weight is 884 g/mol. The zero-order valence-electron chi connectivity index (χ0n) is 38.4. The minimum atomic E-state index is 0.965. The van der Waals surface area contributed by atoms with Crippen LogP contribution in [0, 0.1) is 0 Å². The highest BCUT2D eigenvalue weighted by Crippen LogP contribution is 2.44. The first kappa shape index (κ1) is 39.7. The van der Waals surface area contributed by atoms with Gasteiger partial charge in [-0.2, -0.15) is 0 Å². The molecule has 0 spiro atoms. The van der Waals surface area contributed by atoms with Crippen LogP contribution in [-0.2, 0) is 0 Å². The zero-order chi connectivity index (χ0) is 45.4. The first-order chi connectivity index (χ1) is 34.2. The fourth-order valence-corrected chi connectivity index (χ4v) is 11.8. The van der Waals surface area contributed by atoms with Gasteiger partial charge < -0.3 is 13.9 Å². The lowest BCUT2D eigenvalue weighted by Gasteiger charge is -2.31. The fraction of sp³-hybridized carbons (Fsp3) is 0.0909. The lowest BCUT2D eigenvalue weighted by molar-refractivity contribution is 0.829. The van der Waals surface area contributed by atoms with Crippen LogP contribution < -0.4 is 4.90 Å². The Kier molecular flexibility index (Phi) is 9.30. The third kappa shape index (κ3) is 6.56. The normalized spacial score (nSPS) is 15.3. The predicted octanol–water partition coefficient (Wildman–Crippen LogP) is 17.9. The van der Waals surface area contributed by atoms with Crippen molar-refractivity contribution in [1.29, 1.82) is 0 Å². The van der Waals surface area contributed by atoms with Crippen molar-refractivity contribution in [2.75, 3.05) is 4.90 Å². The summed E-state index contributed by atoms with van der Waals surface area (Å²) in [4.78, 5) is 2.48. The molecule has 0 radical (unpaired) electrons. The van der Waals surface area contributed by atoms with E-state index in [1.54, 1.807) is 0 Å². The van der Waals surface area contributed by atoms with Gasteiger partial charge in [-0.1, -0.05) is 146 Å². The molecule has 0 atom stereocenters. The summed E-state index contributed by atoms with van der Waals surface area (Å²) < 4.78 is 4.84. The topological polar surface area (TPSA) is 12.6 Å². The average Bonchev–Trinajstić information content (AvgIpc) is 4.07. The number of hydrogen-bond donors (Lipinski definition) is 0. The number of aromatic nitrogens is 2. The monoisotopic (exact) mass is 883 g/mol. The first-order valence-electron chi connectivity index (χ1n) is 24.6. The van der Waals surface area contributed by atoms with E-state index in [4.69, 9.17) is 0 Å². The van der Waals surface area contributed by atoms with Gasteiger partial charge in [-0.3, -0.25) is 0 Å². The first-order valence-corrected chi connectivity index (χ1v) is 24.6. The van der Waals surface area contributed by atoms with E-state index in [0.29, 0.717) is 0 Å². The highest BCUT2D eigenvalue weighted by Gasteiger charge is 2.23. The molecule has 328 valence electrons. The number of allylic oxidation sites excluding steroid dienone is 12. The van der Waals surface area contributed by atoms with Gasteiger partial charge in [0.25, 0.3) is 0 Å². The van der Waals surface area contributed by atoms with E-state index in [1.165, 1.54) is 116 Å². The van der Waals surface area contributed by atoms with Crippen LogP contribution in [0.4, 0.5) is 11.4 Å². The van der Waals surface area contributed by atoms with Gasteiger partial charge in [-0.15, -0.1) is 0 Å². The molecule has 0 bridgehead atoms. The minimum absolute atomic E-state index is 0.965. The van der Waals surface area contributed by atoms with Crippen molar-refractivity contribution in [3.63, 3.8) is 0 Å². The second-order valence-corrected chi connectivity index (χ2v) is 19.0. The molecule has 3 heteroatoms.